The normalized spacial score (nSPS) is 38.1. The summed E-state index contributed by atoms with van der Waals surface area (Å²) in [6.45, 7) is 7.04. The SMILES string of the molecule is Cc1nn(C)cc1-c1ccc(N2CCC3CN(CC45CC6CC(CC(C6)C4)C5)CC32)nn1. The Labute approximate surface area is 191 Å². The first kappa shape index (κ1) is 19.5. The van der Waals surface area contributed by atoms with Crippen molar-refractivity contribution in [1.29, 1.82) is 0 Å². The molecule has 4 bridgehead atoms. The molecular formula is C26H36N6. The summed E-state index contributed by atoms with van der Waals surface area (Å²) in [5.74, 6) is 5.01. The van der Waals surface area contributed by atoms with Gasteiger partial charge in [0.25, 0.3) is 0 Å². The summed E-state index contributed by atoms with van der Waals surface area (Å²) in [4.78, 5) is 5.40. The molecule has 6 aliphatic rings. The van der Waals surface area contributed by atoms with Gasteiger partial charge in [-0.15, -0.1) is 10.2 Å². The number of nitrogens with zero attached hydrogens (tertiary/aromatic N) is 6. The van der Waals surface area contributed by atoms with Crippen LogP contribution in [0.15, 0.2) is 18.3 Å². The van der Waals surface area contributed by atoms with E-state index in [1.807, 2.05) is 24.9 Å². The van der Waals surface area contributed by atoms with Crippen LogP contribution in [0, 0.1) is 36.0 Å². The Hall–Kier alpha value is -1.95. The predicted octanol–water partition coefficient (Wildman–Crippen LogP) is 3.91. The van der Waals surface area contributed by atoms with Crippen LogP contribution in [0.25, 0.3) is 11.3 Å². The topological polar surface area (TPSA) is 50.1 Å². The fourth-order valence-electron chi connectivity index (χ4n) is 8.89. The van der Waals surface area contributed by atoms with Gasteiger partial charge in [-0.1, -0.05) is 0 Å². The lowest BCUT2D eigenvalue weighted by molar-refractivity contribution is -0.0670. The molecule has 2 aromatic rings. The average molecular weight is 433 g/mol. The lowest BCUT2D eigenvalue weighted by atomic mass is 9.49. The van der Waals surface area contributed by atoms with Gasteiger partial charge in [0.05, 0.1) is 11.4 Å². The Morgan fingerprint density at radius 2 is 1.75 bits per heavy atom. The van der Waals surface area contributed by atoms with Gasteiger partial charge < -0.3 is 9.80 Å². The summed E-state index contributed by atoms with van der Waals surface area (Å²) in [5, 5.41) is 13.7. The molecule has 6 nitrogen and oxygen atoms in total. The minimum Gasteiger partial charge on any atom is -0.351 e. The number of aryl methyl sites for hydroxylation is 2. The summed E-state index contributed by atoms with van der Waals surface area (Å²) in [6, 6.07) is 4.92. The molecule has 2 unspecified atom stereocenters. The molecule has 4 aliphatic carbocycles. The van der Waals surface area contributed by atoms with Crippen LogP contribution in [-0.4, -0.2) is 57.1 Å². The Morgan fingerprint density at radius 3 is 2.38 bits per heavy atom. The number of anilines is 1. The fourth-order valence-corrected chi connectivity index (χ4v) is 8.89. The zero-order valence-electron chi connectivity index (χ0n) is 19.6. The molecule has 0 radical (unpaired) electrons. The summed E-state index contributed by atoms with van der Waals surface area (Å²) < 4.78 is 1.85. The van der Waals surface area contributed by atoms with Crippen LogP contribution >= 0.6 is 0 Å². The van der Waals surface area contributed by atoms with E-state index in [0.717, 1.165) is 53.0 Å². The standard InChI is InChI=1S/C26H36N6/c1-17-22(14-30(2)29-17)23-3-4-25(28-27-23)32-6-5-21-13-31(15-24(21)32)16-26-10-18-7-19(11-26)9-20(8-18)12-26/h3-4,14,18-21,24H,5-13,15-16H2,1-2H3. The number of hydrogen-bond acceptors (Lipinski definition) is 5. The molecule has 4 heterocycles. The third-order valence-corrected chi connectivity index (χ3v) is 9.58. The Bertz CT molecular complexity index is 975. The molecule has 2 aliphatic heterocycles. The van der Waals surface area contributed by atoms with Gasteiger partial charge in [0.15, 0.2) is 5.82 Å². The van der Waals surface area contributed by atoms with Gasteiger partial charge in [-0.3, -0.25) is 4.68 Å². The highest BCUT2D eigenvalue weighted by molar-refractivity contribution is 5.61. The summed E-state index contributed by atoms with van der Waals surface area (Å²) in [6.07, 6.45) is 12.5. The number of aromatic nitrogens is 4. The molecule has 2 saturated heterocycles. The first-order valence-electron chi connectivity index (χ1n) is 12.9. The van der Waals surface area contributed by atoms with Gasteiger partial charge in [0, 0.05) is 51.0 Å². The molecule has 2 aromatic heterocycles. The zero-order chi connectivity index (χ0) is 21.4. The van der Waals surface area contributed by atoms with E-state index >= 15 is 0 Å². The zero-order valence-corrected chi connectivity index (χ0v) is 19.6. The molecule has 0 amide bonds. The van der Waals surface area contributed by atoms with E-state index in [1.54, 1.807) is 19.3 Å². The molecule has 32 heavy (non-hydrogen) atoms. The van der Waals surface area contributed by atoms with Crippen molar-refractivity contribution in [2.24, 2.45) is 36.1 Å². The van der Waals surface area contributed by atoms with Gasteiger partial charge >= 0.3 is 0 Å². The van der Waals surface area contributed by atoms with Crippen molar-refractivity contribution in [2.75, 3.05) is 31.1 Å². The third kappa shape index (κ3) is 3.12. The van der Waals surface area contributed by atoms with Gasteiger partial charge in [-0.05, 0) is 93.1 Å². The summed E-state index contributed by atoms with van der Waals surface area (Å²) >= 11 is 0. The molecular weight excluding hydrogens is 396 g/mol. The molecule has 2 atom stereocenters. The molecule has 4 saturated carbocycles. The maximum atomic E-state index is 4.67. The highest BCUT2D eigenvalue weighted by Crippen LogP contribution is 2.60. The second-order valence-electron chi connectivity index (χ2n) is 12.0. The minimum absolute atomic E-state index is 0.615. The molecule has 6 heteroatoms. The van der Waals surface area contributed by atoms with Gasteiger partial charge in [0.2, 0.25) is 0 Å². The van der Waals surface area contributed by atoms with E-state index in [2.05, 4.69) is 37.2 Å². The number of likely N-dealkylation sites (tertiary alicyclic amines) is 1. The lowest BCUT2D eigenvalue weighted by Crippen LogP contribution is -2.51. The van der Waals surface area contributed by atoms with Crippen molar-refractivity contribution >= 4 is 5.82 Å². The molecule has 6 fully saturated rings. The maximum Gasteiger partial charge on any atom is 0.151 e. The largest absolute Gasteiger partial charge is 0.351 e. The molecule has 0 spiro atoms. The lowest BCUT2D eigenvalue weighted by Gasteiger charge is -2.57. The van der Waals surface area contributed by atoms with Gasteiger partial charge in [0.1, 0.15) is 0 Å². The monoisotopic (exact) mass is 432 g/mol. The van der Waals surface area contributed by atoms with Crippen LogP contribution in [-0.2, 0) is 7.05 Å². The van der Waals surface area contributed by atoms with Crippen molar-refractivity contribution in [3.63, 3.8) is 0 Å². The van der Waals surface area contributed by atoms with Crippen molar-refractivity contribution in [3.8, 4) is 11.3 Å². The van der Waals surface area contributed by atoms with Crippen molar-refractivity contribution in [3.05, 3.63) is 24.0 Å². The molecule has 8 rings (SSSR count). The number of hydrogen-bond donors (Lipinski definition) is 0. The van der Waals surface area contributed by atoms with Gasteiger partial charge in [-0.2, -0.15) is 5.10 Å². The second-order valence-corrected chi connectivity index (χ2v) is 12.0. The Balaban J connectivity index is 1.05. The molecule has 0 aromatic carbocycles. The van der Waals surface area contributed by atoms with E-state index in [1.165, 1.54) is 45.3 Å². The third-order valence-electron chi connectivity index (χ3n) is 9.58. The van der Waals surface area contributed by atoms with E-state index in [4.69, 9.17) is 0 Å². The van der Waals surface area contributed by atoms with Crippen LogP contribution in [0.5, 0.6) is 0 Å². The summed E-state index contributed by atoms with van der Waals surface area (Å²) in [7, 11) is 1.96. The average Bonchev–Trinajstić information content (AvgIpc) is 3.40. The van der Waals surface area contributed by atoms with E-state index < -0.39 is 0 Å². The molecule has 170 valence electrons. The van der Waals surface area contributed by atoms with Gasteiger partial charge in [-0.25, -0.2) is 0 Å². The highest BCUT2D eigenvalue weighted by atomic mass is 15.3. The number of rotatable bonds is 4. The smallest absolute Gasteiger partial charge is 0.151 e. The summed E-state index contributed by atoms with van der Waals surface area (Å²) in [5.41, 5.74) is 3.66. The second kappa shape index (κ2) is 7.02. The fraction of sp³-hybridized carbons (Fsp3) is 0.731. The minimum atomic E-state index is 0.615. The van der Waals surface area contributed by atoms with Crippen LogP contribution < -0.4 is 4.90 Å². The van der Waals surface area contributed by atoms with E-state index in [0.29, 0.717) is 11.5 Å². The number of fused-ring (bicyclic) bond motifs is 1. The first-order valence-corrected chi connectivity index (χ1v) is 12.9. The van der Waals surface area contributed by atoms with Crippen LogP contribution in [0.4, 0.5) is 5.82 Å². The predicted molar refractivity (Wildman–Crippen MR) is 125 cm³/mol. The highest BCUT2D eigenvalue weighted by Gasteiger charge is 2.52. The van der Waals surface area contributed by atoms with E-state index in [-0.39, 0.29) is 0 Å². The van der Waals surface area contributed by atoms with Crippen LogP contribution in [0.1, 0.15) is 50.6 Å². The Kier molecular flexibility index (Phi) is 4.28. The first-order chi connectivity index (χ1) is 15.5. The molecule has 0 N–H and O–H groups in total. The Morgan fingerprint density at radius 1 is 1.00 bits per heavy atom. The van der Waals surface area contributed by atoms with Crippen LogP contribution in [0.2, 0.25) is 0 Å². The quantitative estimate of drug-likeness (QED) is 0.733. The van der Waals surface area contributed by atoms with E-state index in [9.17, 15) is 0 Å². The maximum absolute atomic E-state index is 4.67. The van der Waals surface area contributed by atoms with Crippen molar-refractivity contribution < 1.29 is 0 Å². The van der Waals surface area contributed by atoms with Crippen molar-refractivity contribution in [2.45, 2.75) is 57.9 Å². The van der Waals surface area contributed by atoms with Crippen molar-refractivity contribution in [1.82, 2.24) is 24.9 Å². The van der Waals surface area contributed by atoms with Crippen LogP contribution in [0.3, 0.4) is 0 Å².